The molecule has 4 heterocycles. The molecule has 2 aliphatic rings. The molecule has 148 valence electrons. The third kappa shape index (κ3) is 3.37. The molecule has 3 aromatic heterocycles. The zero-order chi connectivity index (χ0) is 19.8. The number of furan rings is 1. The van der Waals surface area contributed by atoms with E-state index in [2.05, 4.69) is 15.3 Å². The summed E-state index contributed by atoms with van der Waals surface area (Å²) in [6, 6.07) is 7.09. The van der Waals surface area contributed by atoms with Gasteiger partial charge in [0, 0.05) is 49.2 Å². The first kappa shape index (κ1) is 17.8. The van der Waals surface area contributed by atoms with Gasteiger partial charge >= 0.3 is 0 Å². The maximum atomic E-state index is 12.6. The number of fused-ring (bicyclic) bond motifs is 1. The van der Waals surface area contributed by atoms with Crippen LogP contribution < -0.4 is 5.32 Å². The average Bonchev–Trinajstić information content (AvgIpc) is 3.24. The number of nitrogens with one attached hydrogen (secondary N) is 1. The first-order valence-corrected chi connectivity index (χ1v) is 9.96. The third-order valence-corrected chi connectivity index (χ3v) is 6.39. The highest BCUT2D eigenvalue weighted by molar-refractivity contribution is 5.96. The van der Waals surface area contributed by atoms with Crippen molar-refractivity contribution in [3.63, 3.8) is 0 Å². The summed E-state index contributed by atoms with van der Waals surface area (Å²) in [4.78, 5) is 34.9. The van der Waals surface area contributed by atoms with Crippen LogP contribution in [0.15, 0.2) is 53.5 Å². The third-order valence-electron chi connectivity index (χ3n) is 6.39. The van der Waals surface area contributed by atoms with Gasteiger partial charge in [0.25, 0.3) is 11.8 Å². The van der Waals surface area contributed by atoms with E-state index in [9.17, 15) is 9.59 Å². The first-order valence-electron chi connectivity index (χ1n) is 9.96. The van der Waals surface area contributed by atoms with Crippen molar-refractivity contribution in [3.8, 4) is 0 Å². The summed E-state index contributed by atoms with van der Waals surface area (Å²) in [7, 11) is 0. The van der Waals surface area contributed by atoms with Gasteiger partial charge < -0.3 is 14.6 Å². The van der Waals surface area contributed by atoms with Crippen molar-refractivity contribution in [1.29, 1.82) is 0 Å². The predicted molar refractivity (Wildman–Crippen MR) is 106 cm³/mol. The van der Waals surface area contributed by atoms with E-state index in [1.807, 2.05) is 11.0 Å². The molecule has 1 saturated carbocycles. The van der Waals surface area contributed by atoms with E-state index >= 15 is 0 Å². The van der Waals surface area contributed by atoms with Crippen molar-refractivity contribution in [2.75, 3.05) is 19.6 Å². The molecule has 0 aromatic carbocycles. The highest BCUT2D eigenvalue weighted by Crippen LogP contribution is 2.59. The fourth-order valence-electron chi connectivity index (χ4n) is 4.46. The Kier molecular flexibility index (Phi) is 4.30. The molecule has 1 saturated heterocycles. The minimum atomic E-state index is -0.187. The quantitative estimate of drug-likeness (QED) is 0.740. The summed E-state index contributed by atoms with van der Waals surface area (Å²) in [6.07, 6.45) is 9.67. The lowest BCUT2D eigenvalue weighted by Crippen LogP contribution is -2.40. The molecule has 1 atom stereocenters. The van der Waals surface area contributed by atoms with Crippen LogP contribution in [-0.4, -0.2) is 46.3 Å². The van der Waals surface area contributed by atoms with Gasteiger partial charge in [-0.2, -0.15) is 0 Å². The van der Waals surface area contributed by atoms with Gasteiger partial charge in [0.15, 0.2) is 11.3 Å². The largest absolute Gasteiger partial charge is 0.449 e. The number of rotatable bonds is 4. The smallest absolute Gasteiger partial charge is 0.287 e. The molecule has 7 heteroatoms. The molecule has 2 amide bonds. The SMILES string of the molecule is O=C(NCC1CC12CCN(C(=O)c1ccncc1)CC2)c1cc2ccncc2o1. The van der Waals surface area contributed by atoms with Crippen LogP contribution in [0.3, 0.4) is 0 Å². The number of aromatic nitrogens is 2. The maximum Gasteiger partial charge on any atom is 0.287 e. The standard InChI is InChI=1S/C22H22N4O3/c27-20(18-11-16-3-8-24-14-19(16)29-18)25-13-17-12-22(17)4-9-26(10-5-22)21(28)15-1-6-23-7-2-15/h1-3,6-8,11,14,17H,4-5,9-10,12-13H2,(H,25,27). The summed E-state index contributed by atoms with van der Waals surface area (Å²) in [6.45, 7) is 2.18. The number of hydrogen-bond donors (Lipinski definition) is 1. The number of pyridine rings is 2. The Bertz CT molecular complexity index is 1020. The number of nitrogens with zero attached hydrogens (tertiary/aromatic N) is 3. The van der Waals surface area contributed by atoms with Crippen LogP contribution in [0.25, 0.3) is 11.0 Å². The summed E-state index contributed by atoms with van der Waals surface area (Å²) in [5, 5.41) is 3.89. The Balaban J connectivity index is 1.14. The van der Waals surface area contributed by atoms with Crippen molar-refractivity contribution >= 4 is 22.8 Å². The fourth-order valence-corrected chi connectivity index (χ4v) is 4.46. The number of amides is 2. The molecule has 0 bridgehead atoms. The van der Waals surface area contributed by atoms with E-state index in [1.54, 1.807) is 43.0 Å². The maximum absolute atomic E-state index is 12.6. The minimum absolute atomic E-state index is 0.0760. The second-order valence-electron chi connectivity index (χ2n) is 8.03. The molecular weight excluding hydrogens is 368 g/mol. The highest BCUT2D eigenvalue weighted by atomic mass is 16.3. The Morgan fingerprint density at radius 3 is 2.66 bits per heavy atom. The lowest BCUT2D eigenvalue weighted by atomic mass is 9.90. The zero-order valence-electron chi connectivity index (χ0n) is 16.0. The molecule has 1 aliphatic heterocycles. The van der Waals surface area contributed by atoms with Gasteiger partial charge in [0.05, 0.1) is 6.20 Å². The lowest BCUT2D eigenvalue weighted by Gasteiger charge is -2.33. The monoisotopic (exact) mass is 390 g/mol. The molecule has 1 aliphatic carbocycles. The molecular formula is C22H22N4O3. The van der Waals surface area contributed by atoms with E-state index in [4.69, 9.17) is 4.42 Å². The Morgan fingerprint density at radius 2 is 1.90 bits per heavy atom. The van der Waals surface area contributed by atoms with Crippen LogP contribution in [0.1, 0.15) is 40.2 Å². The van der Waals surface area contributed by atoms with Gasteiger partial charge in [-0.1, -0.05) is 0 Å². The Labute approximate surface area is 168 Å². The van der Waals surface area contributed by atoms with Crippen molar-refractivity contribution in [3.05, 3.63) is 60.4 Å². The van der Waals surface area contributed by atoms with Crippen LogP contribution in [-0.2, 0) is 0 Å². The predicted octanol–water partition coefficient (Wildman–Crippen LogP) is 2.90. The van der Waals surface area contributed by atoms with E-state index in [0.29, 0.717) is 29.4 Å². The lowest BCUT2D eigenvalue weighted by molar-refractivity contribution is 0.0668. The molecule has 0 radical (unpaired) electrons. The fraction of sp³-hybridized carbons (Fsp3) is 0.364. The second-order valence-corrected chi connectivity index (χ2v) is 8.03. The van der Waals surface area contributed by atoms with Crippen molar-refractivity contribution in [2.24, 2.45) is 11.3 Å². The number of carbonyl (C=O) groups is 2. The molecule has 1 unspecified atom stereocenters. The van der Waals surface area contributed by atoms with Crippen LogP contribution in [0.5, 0.6) is 0 Å². The van der Waals surface area contributed by atoms with E-state index < -0.39 is 0 Å². The summed E-state index contributed by atoms with van der Waals surface area (Å²) < 4.78 is 5.58. The zero-order valence-corrected chi connectivity index (χ0v) is 16.0. The summed E-state index contributed by atoms with van der Waals surface area (Å²) >= 11 is 0. The minimum Gasteiger partial charge on any atom is -0.449 e. The summed E-state index contributed by atoms with van der Waals surface area (Å²) in [5.74, 6) is 0.678. The number of piperidine rings is 1. The van der Waals surface area contributed by atoms with Gasteiger partial charge in [-0.25, -0.2) is 0 Å². The molecule has 7 nitrogen and oxygen atoms in total. The highest BCUT2D eigenvalue weighted by Gasteiger charge is 2.54. The van der Waals surface area contributed by atoms with Crippen LogP contribution >= 0.6 is 0 Å². The van der Waals surface area contributed by atoms with Crippen LogP contribution in [0.4, 0.5) is 0 Å². The van der Waals surface area contributed by atoms with Crippen LogP contribution in [0.2, 0.25) is 0 Å². The molecule has 1 spiro atoms. The number of hydrogen-bond acceptors (Lipinski definition) is 5. The van der Waals surface area contributed by atoms with E-state index in [0.717, 1.165) is 37.7 Å². The van der Waals surface area contributed by atoms with Crippen molar-refractivity contribution in [1.82, 2.24) is 20.2 Å². The Hall–Kier alpha value is -3.22. The van der Waals surface area contributed by atoms with Crippen molar-refractivity contribution in [2.45, 2.75) is 19.3 Å². The normalized spacial score (nSPS) is 20.0. The number of carbonyl (C=O) groups excluding carboxylic acids is 2. The molecule has 29 heavy (non-hydrogen) atoms. The van der Waals surface area contributed by atoms with Gasteiger partial charge in [-0.3, -0.25) is 19.6 Å². The average molecular weight is 390 g/mol. The first-order chi connectivity index (χ1) is 14.1. The van der Waals surface area contributed by atoms with E-state index in [-0.39, 0.29) is 17.2 Å². The van der Waals surface area contributed by atoms with Gasteiger partial charge in [0.1, 0.15) is 0 Å². The van der Waals surface area contributed by atoms with Crippen LogP contribution in [0, 0.1) is 11.3 Å². The topological polar surface area (TPSA) is 88.3 Å². The molecule has 2 fully saturated rings. The van der Waals surface area contributed by atoms with Gasteiger partial charge in [-0.15, -0.1) is 0 Å². The number of likely N-dealkylation sites (tertiary alicyclic amines) is 1. The van der Waals surface area contributed by atoms with E-state index in [1.165, 1.54) is 0 Å². The Morgan fingerprint density at radius 1 is 1.14 bits per heavy atom. The molecule has 5 rings (SSSR count). The van der Waals surface area contributed by atoms with Gasteiger partial charge in [-0.05, 0) is 54.9 Å². The van der Waals surface area contributed by atoms with Crippen molar-refractivity contribution < 1.29 is 14.0 Å². The molecule has 1 N–H and O–H groups in total. The molecule has 3 aromatic rings. The summed E-state index contributed by atoms with van der Waals surface area (Å²) in [5.41, 5.74) is 1.57. The second kappa shape index (κ2) is 6.99. The van der Waals surface area contributed by atoms with Gasteiger partial charge in [0.2, 0.25) is 0 Å².